The van der Waals surface area contributed by atoms with Crippen molar-refractivity contribution in [3.05, 3.63) is 35.4 Å². The number of benzene rings is 1. The number of nitrogens with zero attached hydrogens (tertiary/aromatic N) is 1. The molecule has 3 nitrogen and oxygen atoms in total. The molecule has 1 heterocycles. The summed E-state index contributed by atoms with van der Waals surface area (Å²) in [5, 5.41) is 0. The van der Waals surface area contributed by atoms with Crippen molar-refractivity contribution in [2.24, 2.45) is 5.73 Å². The van der Waals surface area contributed by atoms with Gasteiger partial charge in [0.1, 0.15) is 6.04 Å². The minimum absolute atomic E-state index is 0.236. The van der Waals surface area contributed by atoms with E-state index in [-0.39, 0.29) is 11.9 Å². The Balaban J connectivity index is 2.43. The van der Waals surface area contributed by atoms with Crippen molar-refractivity contribution in [2.45, 2.75) is 19.4 Å². The summed E-state index contributed by atoms with van der Waals surface area (Å²) in [5.74, 6) is -0.246. The normalized spacial score (nSPS) is 21.0. The first-order valence-electron chi connectivity index (χ1n) is 5.35. The molecular weight excluding hydrogens is 188 g/mol. The van der Waals surface area contributed by atoms with E-state index in [2.05, 4.69) is 17.9 Å². The van der Waals surface area contributed by atoms with Crippen LogP contribution < -0.4 is 5.73 Å². The van der Waals surface area contributed by atoms with Gasteiger partial charge in [-0.3, -0.25) is 9.69 Å². The summed E-state index contributed by atoms with van der Waals surface area (Å²) in [5.41, 5.74) is 7.80. The lowest BCUT2D eigenvalue weighted by Crippen LogP contribution is -2.42. The number of amides is 1. The van der Waals surface area contributed by atoms with Crippen LogP contribution in [0.3, 0.4) is 0 Å². The number of carbonyl (C=O) groups excluding carboxylic acids is 1. The lowest BCUT2D eigenvalue weighted by Gasteiger charge is -2.34. The second kappa shape index (κ2) is 4.03. The van der Waals surface area contributed by atoms with Gasteiger partial charge in [0, 0.05) is 6.54 Å². The molecule has 1 aromatic rings. The number of primary amides is 1. The van der Waals surface area contributed by atoms with Crippen molar-refractivity contribution in [3.8, 4) is 0 Å². The maximum Gasteiger partial charge on any atom is 0.239 e. The lowest BCUT2D eigenvalue weighted by atomic mass is 9.92. The zero-order valence-corrected chi connectivity index (χ0v) is 8.94. The molecule has 15 heavy (non-hydrogen) atoms. The van der Waals surface area contributed by atoms with Gasteiger partial charge in [0.25, 0.3) is 0 Å². The molecule has 0 aromatic heterocycles. The number of carbonyl (C=O) groups is 1. The maximum atomic E-state index is 11.5. The molecule has 0 bridgehead atoms. The Kier molecular flexibility index (Phi) is 2.73. The van der Waals surface area contributed by atoms with E-state index in [1.165, 1.54) is 5.56 Å². The predicted molar refractivity (Wildman–Crippen MR) is 59.3 cm³/mol. The third-order valence-electron chi connectivity index (χ3n) is 3.06. The van der Waals surface area contributed by atoms with Crippen molar-refractivity contribution in [1.82, 2.24) is 4.90 Å². The van der Waals surface area contributed by atoms with Crippen LogP contribution in [0.5, 0.6) is 0 Å². The van der Waals surface area contributed by atoms with Crippen molar-refractivity contribution < 1.29 is 4.79 Å². The SMILES string of the molecule is CCN1CCc2ccccc2C1C(N)=O. The second-order valence-electron chi connectivity index (χ2n) is 3.88. The summed E-state index contributed by atoms with van der Waals surface area (Å²) < 4.78 is 0. The molecule has 1 aliphatic heterocycles. The number of hydrogen-bond donors (Lipinski definition) is 1. The Bertz CT molecular complexity index is 376. The Labute approximate surface area is 89.9 Å². The summed E-state index contributed by atoms with van der Waals surface area (Å²) >= 11 is 0. The molecule has 1 aliphatic rings. The number of likely N-dealkylation sites (N-methyl/N-ethyl adjacent to an activating group) is 1. The Morgan fingerprint density at radius 2 is 2.27 bits per heavy atom. The fraction of sp³-hybridized carbons (Fsp3) is 0.417. The minimum Gasteiger partial charge on any atom is -0.368 e. The first kappa shape index (κ1) is 10.2. The van der Waals surface area contributed by atoms with Crippen molar-refractivity contribution in [3.63, 3.8) is 0 Å². The van der Waals surface area contributed by atoms with Crippen LogP contribution in [0.1, 0.15) is 24.1 Å². The Morgan fingerprint density at radius 1 is 1.53 bits per heavy atom. The largest absolute Gasteiger partial charge is 0.368 e. The Hall–Kier alpha value is -1.35. The van der Waals surface area contributed by atoms with E-state index in [4.69, 9.17) is 5.73 Å². The molecule has 2 N–H and O–H groups in total. The highest BCUT2D eigenvalue weighted by Crippen LogP contribution is 2.28. The average molecular weight is 204 g/mol. The minimum atomic E-state index is -0.246. The van der Waals surface area contributed by atoms with Crippen molar-refractivity contribution >= 4 is 5.91 Å². The molecular formula is C12H16N2O. The van der Waals surface area contributed by atoms with Gasteiger partial charge < -0.3 is 5.73 Å². The van der Waals surface area contributed by atoms with Crippen LogP contribution in [-0.4, -0.2) is 23.9 Å². The summed E-state index contributed by atoms with van der Waals surface area (Å²) in [4.78, 5) is 13.6. The molecule has 1 unspecified atom stereocenters. The average Bonchev–Trinajstić information content (AvgIpc) is 2.27. The van der Waals surface area contributed by atoms with Gasteiger partial charge in [0.2, 0.25) is 5.91 Å². The predicted octanol–water partition coefficient (Wildman–Crippen LogP) is 1.09. The number of rotatable bonds is 2. The summed E-state index contributed by atoms with van der Waals surface area (Å²) in [6.07, 6.45) is 1.01. The molecule has 1 aromatic carbocycles. The quantitative estimate of drug-likeness (QED) is 0.784. The Morgan fingerprint density at radius 3 is 2.93 bits per heavy atom. The van der Waals surface area contributed by atoms with Gasteiger partial charge in [-0.15, -0.1) is 0 Å². The van der Waals surface area contributed by atoms with Crippen LogP contribution in [0.2, 0.25) is 0 Å². The van der Waals surface area contributed by atoms with Crippen LogP contribution >= 0.6 is 0 Å². The summed E-state index contributed by atoms with van der Waals surface area (Å²) in [6, 6.07) is 7.83. The summed E-state index contributed by atoms with van der Waals surface area (Å²) in [6.45, 7) is 3.84. The first-order valence-corrected chi connectivity index (χ1v) is 5.35. The topological polar surface area (TPSA) is 46.3 Å². The zero-order chi connectivity index (χ0) is 10.8. The third kappa shape index (κ3) is 1.75. The van der Waals surface area contributed by atoms with Gasteiger partial charge in [0.05, 0.1) is 0 Å². The molecule has 1 atom stereocenters. The van der Waals surface area contributed by atoms with Crippen LogP contribution in [-0.2, 0) is 11.2 Å². The number of fused-ring (bicyclic) bond motifs is 1. The van der Waals surface area contributed by atoms with E-state index in [0.717, 1.165) is 25.1 Å². The van der Waals surface area contributed by atoms with E-state index < -0.39 is 0 Å². The molecule has 0 saturated heterocycles. The maximum absolute atomic E-state index is 11.5. The fourth-order valence-corrected chi connectivity index (χ4v) is 2.29. The van der Waals surface area contributed by atoms with E-state index in [1.807, 2.05) is 18.2 Å². The molecule has 80 valence electrons. The third-order valence-corrected chi connectivity index (χ3v) is 3.06. The van der Waals surface area contributed by atoms with E-state index in [1.54, 1.807) is 0 Å². The van der Waals surface area contributed by atoms with Crippen LogP contribution in [0.15, 0.2) is 24.3 Å². The number of hydrogen-bond acceptors (Lipinski definition) is 2. The van der Waals surface area contributed by atoms with Crippen LogP contribution in [0.4, 0.5) is 0 Å². The van der Waals surface area contributed by atoms with Crippen LogP contribution in [0.25, 0.3) is 0 Å². The molecule has 0 spiro atoms. The highest BCUT2D eigenvalue weighted by atomic mass is 16.1. The van der Waals surface area contributed by atoms with Gasteiger partial charge in [-0.25, -0.2) is 0 Å². The van der Waals surface area contributed by atoms with Crippen molar-refractivity contribution in [1.29, 1.82) is 0 Å². The first-order chi connectivity index (χ1) is 7.24. The molecule has 0 fully saturated rings. The van der Waals surface area contributed by atoms with Gasteiger partial charge >= 0.3 is 0 Å². The second-order valence-corrected chi connectivity index (χ2v) is 3.88. The van der Waals surface area contributed by atoms with E-state index in [9.17, 15) is 4.79 Å². The monoisotopic (exact) mass is 204 g/mol. The molecule has 3 heteroatoms. The lowest BCUT2D eigenvalue weighted by molar-refractivity contribution is -0.123. The molecule has 0 saturated carbocycles. The van der Waals surface area contributed by atoms with Gasteiger partial charge in [0.15, 0.2) is 0 Å². The zero-order valence-electron chi connectivity index (χ0n) is 8.94. The van der Waals surface area contributed by atoms with Gasteiger partial charge in [-0.2, -0.15) is 0 Å². The summed E-state index contributed by atoms with van der Waals surface area (Å²) in [7, 11) is 0. The molecule has 1 amide bonds. The highest BCUT2D eigenvalue weighted by molar-refractivity contribution is 5.82. The standard InChI is InChI=1S/C12H16N2O/c1-2-14-8-7-9-5-3-4-6-10(9)11(14)12(13)15/h3-6,11H,2,7-8H2,1H3,(H2,13,15). The highest BCUT2D eigenvalue weighted by Gasteiger charge is 2.29. The molecule has 2 rings (SSSR count). The smallest absolute Gasteiger partial charge is 0.239 e. The van der Waals surface area contributed by atoms with Crippen LogP contribution in [0, 0.1) is 0 Å². The molecule has 0 aliphatic carbocycles. The van der Waals surface area contributed by atoms with E-state index in [0.29, 0.717) is 0 Å². The van der Waals surface area contributed by atoms with Gasteiger partial charge in [-0.05, 0) is 24.1 Å². The van der Waals surface area contributed by atoms with E-state index >= 15 is 0 Å². The fourth-order valence-electron chi connectivity index (χ4n) is 2.29. The van der Waals surface area contributed by atoms with Crippen molar-refractivity contribution in [2.75, 3.05) is 13.1 Å². The number of nitrogens with two attached hydrogens (primary N) is 1. The van der Waals surface area contributed by atoms with Gasteiger partial charge in [-0.1, -0.05) is 31.2 Å². The molecule has 0 radical (unpaired) electrons.